The first-order chi connectivity index (χ1) is 8.79. The second kappa shape index (κ2) is 6.36. The summed E-state index contributed by atoms with van der Waals surface area (Å²) >= 11 is 0. The molecule has 0 radical (unpaired) electrons. The molecule has 7 heteroatoms. The Morgan fingerprint density at radius 1 is 1.16 bits per heavy atom. The summed E-state index contributed by atoms with van der Waals surface area (Å²) < 4.78 is 0. The number of hydrogen-bond donors (Lipinski definition) is 5. The average Bonchev–Trinajstić information content (AvgIpc) is 2.37. The van der Waals surface area contributed by atoms with Crippen LogP contribution in [0.2, 0.25) is 0 Å². The smallest absolute Gasteiger partial charge is 0.208 e. The van der Waals surface area contributed by atoms with Crippen molar-refractivity contribution in [2.75, 3.05) is 0 Å². The molecule has 0 amide bonds. The second-order valence-electron chi connectivity index (χ2n) is 4.57. The van der Waals surface area contributed by atoms with E-state index in [-0.39, 0.29) is 17.8 Å². The highest BCUT2D eigenvalue weighted by Gasteiger charge is 2.28. The van der Waals surface area contributed by atoms with E-state index in [0.29, 0.717) is 6.42 Å². The molecular formula is C12H20N2O5. The van der Waals surface area contributed by atoms with Crippen LogP contribution < -0.4 is 0 Å². The summed E-state index contributed by atoms with van der Waals surface area (Å²) in [7, 11) is 0. The fourth-order valence-electron chi connectivity index (χ4n) is 1.61. The maximum absolute atomic E-state index is 9.72. The van der Waals surface area contributed by atoms with Gasteiger partial charge in [0.05, 0.1) is 24.2 Å². The predicted octanol–water partition coefficient (Wildman–Crippen LogP) is -0.811. The highest BCUT2D eigenvalue weighted by atomic mass is 16.5. The molecule has 0 aliphatic rings. The zero-order valence-electron chi connectivity index (χ0n) is 10.9. The number of hydrogen-bond acceptors (Lipinski definition) is 7. The van der Waals surface area contributed by atoms with Gasteiger partial charge in [-0.3, -0.25) is 9.97 Å². The molecule has 0 aliphatic carbocycles. The molecule has 1 rings (SSSR count). The first-order valence-corrected chi connectivity index (χ1v) is 6.11. The van der Waals surface area contributed by atoms with Gasteiger partial charge in [-0.25, -0.2) is 0 Å². The van der Waals surface area contributed by atoms with Crippen LogP contribution in [0.25, 0.3) is 0 Å². The molecule has 0 spiro atoms. The van der Waals surface area contributed by atoms with Gasteiger partial charge in [-0.2, -0.15) is 0 Å². The molecule has 5 N–H and O–H groups in total. The minimum Gasteiger partial charge on any atom is -0.391 e. The lowest BCUT2D eigenvalue weighted by Gasteiger charge is -2.22. The van der Waals surface area contributed by atoms with E-state index in [0.717, 1.165) is 12.4 Å². The molecule has 19 heavy (non-hydrogen) atoms. The molecule has 0 saturated heterocycles. The summed E-state index contributed by atoms with van der Waals surface area (Å²) in [6, 6.07) is 0. The van der Waals surface area contributed by atoms with Crippen LogP contribution in [0.1, 0.15) is 44.2 Å². The van der Waals surface area contributed by atoms with Crippen molar-refractivity contribution in [3.8, 4) is 0 Å². The van der Waals surface area contributed by atoms with Crippen LogP contribution in [-0.2, 0) is 5.79 Å². The highest BCUT2D eigenvalue weighted by Crippen LogP contribution is 2.22. The third kappa shape index (κ3) is 3.92. The van der Waals surface area contributed by atoms with E-state index in [4.69, 9.17) is 5.11 Å². The Kier molecular flexibility index (Phi) is 5.33. The van der Waals surface area contributed by atoms with E-state index >= 15 is 0 Å². The van der Waals surface area contributed by atoms with E-state index in [1.165, 1.54) is 6.92 Å². The summed E-state index contributed by atoms with van der Waals surface area (Å²) in [5, 5.41) is 47.8. The number of aliphatic hydroxyl groups excluding tert-OH is 3. The Labute approximate surface area is 111 Å². The molecule has 0 aliphatic heterocycles. The molecule has 1 aromatic heterocycles. The van der Waals surface area contributed by atoms with Gasteiger partial charge in [-0.15, -0.1) is 0 Å². The SMILES string of the molecule is CCCC(O)(O)c1cnc(C(O)C(O)C(C)O)cn1. The average molecular weight is 272 g/mol. The van der Waals surface area contributed by atoms with Crippen LogP contribution in [0, 0.1) is 0 Å². The van der Waals surface area contributed by atoms with Gasteiger partial charge in [0.15, 0.2) is 0 Å². The molecule has 3 unspecified atom stereocenters. The van der Waals surface area contributed by atoms with Gasteiger partial charge >= 0.3 is 0 Å². The standard InChI is InChI=1S/C12H20N2O5/c1-3-4-12(18,19)9-6-13-8(5-14-9)11(17)10(16)7(2)15/h5-7,10-11,15-19H,3-4H2,1-2H3. The van der Waals surface area contributed by atoms with Crippen LogP contribution in [0.4, 0.5) is 0 Å². The van der Waals surface area contributed by atoms with Crippen LogP contribution in [0.3, 0.4) is 0 Å². The Morgan fingerprint density at radius 3 is 2.21 bits per heavy atom. The number of rotatable bonds is 6. The summed E-state index contributed by atoms with van der Waals surface area (Å²) in [6.45, 7) is 3.13. The highest BCUT2D eigenvalue weighted by molar-refractivity contribution is 5.10. The minimum absolute atomic E-state index is 0.0307. The van der Waals surface area contributed by atoms with Crippen LogP contribution in [0.5, 0.6) is 0 Å². The Morgan fingerprint density at radius 2 is 1.79 bits per heavy atom. The molecule has 1 heterocycles. The molecule has 0 aromatic carbocycles. The maximum atomic E-state index is 9.72. The van der Waals surface area contributed by atoms with Crippen LogP contribution >= 0.6 is 0 Å². The molecule has 0 saturated carbocycles. The summed E-state index contributed by atoms with van der Waals surface area (Å²) in [4.78, 5) is 7.64. The van der Waals surface area contributed by atoms with Crippen molar-refractivity contribution in [2.45, 2.75) is 50.8 Å². The van der Waals surface area contributed by atoms with E-state index in [1.807, 2.05) is 0 Å². The normalized spacial score (nSPS) is 17.0. The van der Waals surface area contributed by atoms with E-state index in [2.05, 4.69) is 9.97 Å². The monoisotopic (exact) mass is 272 g/mol. The number of aliphatic hydroxyl groups is 5. The van der Waals surface area contributed by atoms with Gasteiger partial charge in [0, 0.05) is 6.42 Å². The quantitative estimate of drug-likeness (QED) is 0.428. The van der Waals surface area contributed by atoms with E-state index in [1.54, 1.807) is 6.92 Å². The summed E-state index contributed by atoms with van der Waals surface area (Å²) in [5.41, 5.74) is 0.0151. The Balaban J connectivity index is 2.87. The summed E-state index contributed by atoms with van der Waals surface area (Å²) in [5.74, 6) is -2.06. The van der Waals surface area contributed by atoms with Gasteiger partial charge in [-0.1, -0.05) is 13.3 Å². The van der Waals surface area contributed by atoms with Crippen molar-refractivity contribution >= 4 is 0 Å². The zero-order chi connectivity index (χ0) is 14.6. The Bertz CT molecular complexity index is 394. The minimum atomic E-state index is -2.06. The first-order valence-electron chi connectivity index (χ1n) is 6.11. The lowest BCUT2D eigenvalue weighted by Crippen LogP contribution is -2.31. The van der Waals surface area contributed by atoms with Crippen LogP contribution in [0.15, 0.2) is 12.4 Å². The number of aromatic nitrogens is 2. The van der Waals surface area contributed by atoms with E-state index in [9.17, 15) is 20.4 Å². The predicted molar refractivity (Wildman–Crippen MR) is 65.7 cm³/mol. The fourth-order valence-corrected chi connectivity index (χ4v) is 1.61. The molecular weight excluding hydrogens is 252 g/mol. The van der Waals surface area contributed by atoms with Crippen LogP contribution in [-0.4, -0.2) is 47.7 Å². The first kappa shape index (κ1) is 15.9. The van der Waals surface area contributed by atoms with Crippen molar-refractivity contribution in [1.29, 1.82) is 0 Å². The largest absolute Gasteiger partial charge is 0.391 e. The molecule has 1 aromatic rings. The molecule has 7 nitrogen and oxygen atoms in total. The topological polar surface area (TPSA) is 127 Å². The van der Waals surface area contributed by atoms with Crippen molar-refractivity contribution in [3.05, 3.63) is 23.8 Å². The molecule has 0 fully saturated rings. The van der Waals surface area contributed by atoms with Gasteiger partial charge < -0.3 is 25.5 Å². The zero-order valence-corrected chi connectivity index (χ0v) is 10.9. The molecule has 108 valence electrons. The Hall–Kier alpha value is -1.12. The van der Waals surface area contributed by atoms with Gasteiger partial charge in [0.2, 0.25) is 5.79 Å². The van der Waals surface area contributed by atoms with E-state index < -0.39 is 24.1 Å². The fraction of sp³-hybridized carbons (Fsp3) is 0.667. The second-order valence-corrected chi connectivity index (χ2v) is 4.57. The molecule has 3 atom stereocenters. The lowest BCUT2D eigenvalue weighted by atomic mass is 10.1. The van der Waals surface area contributed by atoms with Gasteiger partial charge in [0.25, 0.3) is 0 Å². The van der Waals surface area contributed by atoms with Gasteiger partial charge in [0.1, 0.15) is 17.9 Å². The summed E-state index contributed by atoms with van der Waals surface area (Å²) in [6.07, 6.45) is -0.958. The third-order valence-electron chi connectivity index (χ3n) is 2.80. The third-order valence-corrected chi connectivity index (χ3v) is 2.80. The molecule has 0 bridgehead atoms. The van der Waals surface area contributed by atoms with Gasteiger partial charge in [-0.05, 0) is 6.92 Å². The van der Waals surface area contributed by atoms with Crippen molar-refractivity contribution in [1.82, 2.24) is 9.97 Å². The lowest BCUT2D eigenvalue weighted by molar-refractivity contribution is -0.177. The van der Waals surface area contributed by atoms with Crippen molar-refractivity contribution in [3.63, 3.8) is 0 Å². The van der Waals surface area contributed by atoms with Crippen molar-refractivity contribution in [2.24, 2.45) is 0 Å². The van der Waals surface area contributed by atoms with Crippen molar-refractivity contribution < 1.29 is 25.5 Å². The number of nitrogens with zero attached hydrogens (tertiary/aromatic N) is 2. The maximum Gasteiger partial charge on any atom is 0.208 e.